The van der Waals surface area contributed by atoms with E-state index in [1.54, 1.807) is 4.90 Å². The first kappa shape index (κ1) is 31.8. The van der Waals surface area contributed by atoms with Gasteiger partial charge in [-0.3, -0.25) is 14.5 Å². The van der Waals surface area contributed by atoms with Crippen LogP contribution >= 0.6 is 11.8 Å². The Morgan fingerprint density at radius 3 is 2.44 bits per heavy atom. The largest absolute Gasteiger partial charge is 0.573 e. The molecule has 1 N–H and O–H groups in total. The lowest BCUT2D eigenvalue weighted by Gasteiger charge is -2.23. The molecule has 0 aliphatic carbocycles. The maximum absolute atomic E-state index is 13.0. The third kappa shape index (κ3) is 7.93. The summed E-state index contributed by atoms with van der Waals surface area (Å²) in [5.74, 6) is 0.312. The van der Waals surface area contributed by atoms with E-state index in [0.717, 1.165) is 27.9 Å². The predicted molar refractivity (Wildman–Crippen MR) is 168 cm³/mol. The van der Waals surface area contributed by atoms with Crippen LogP contribution in [0.5, 0.6) is 5.75 Å². The van der Waals surface area contributed by atoms with E-state index in [2.05, 4.69) is 34.0 Å². The molecule has 0 radical (unpaired) electrons. The molecule has 0 saturated carbocycles. The fraction of sp³-hybridized carbons (Fsp3) is 0.273. The van der Waals surface area contributed by atoms with Gasteiger partial charge in [-0.05, 0) is 73.2 Å². The number of aromatic nitrogens is 3. The second-order valence-electron chi connectivity index (χ2n) is 11.1. The number of anilines is 1. The molecule has 0 spiro atoms. The first-order valence-electron chi connectivity index (χ1n) is 14.3. The number of carbonyl (C=O) groups excluding carboxylic acids is 2. The van der Waals surface area contributed by atoms with Gasteiger partial charge in [-0.25, -0.2) is 9.67 Å². The van der Waals surface area contributed by atoms with Crippen LogP contribution in [0.4, 0.5) is 18.9 Å². The van der Waals surface area contributed by atoms with Gasteiger partial charge in [-0.2, -0.15) is 0 Å². The van der Waals surface area contributed by atoms with Crippen molar-refractivity contribution in [2.24, 2.45) is 0 Å². The van der Waals surface area contributed by atoms with Crippen LogP contribution in [0, 0.1) is 6.92 Å². The van der Waals surface area contributed by atoms with Crippen LogP contribution in [0.15, 0.2) is 84.2 Å². The molecule has 1 aliphatic heterocycles. The summed E-state index contributed by atoms with van der Waals surface area (Å²) in [6.45, 7) is 8.06. The van der Waals surface area contributed by atoms with Gasteiger partial charge in [-0.15, -0.1) is 18.3 Å². The minimum absolute atomic E-state index is 0.0487. The molecular weight excluding hydrogens is 603 g/mol. The van der Waals surface area contributed by atoms with Crippen molar-refractivity contribution in [2.45, 2.75) is 52.4 Å². The maximum Gasteiger partial charge on any atom is 0.573 e. The summed E-state index contributed by atoms with van der Waals surface area (Å²) in [4.78, 5) is 31.8. The molecule has 3 aromatic carbocycles. The lowest BCUT2D eigenvalue weighted by Crippen LogP contribution is -2.34. The highest BCUT2D eigenvalue weighted by Gasteiger charge is 2.32. The zero-order valence-corrected chi connectivity index (χ0v) is 25.9. The van der Waals surface area contributed by atoms with Crippen molar-refractivity contribution in [3.8, 4) is 22.8 Å². The van der Waals surface area contributed by atoms with Gasteiger partial charge in [0.25, 0.3) is 0 Å². The number of alkyl halides is 3. The van der Waals surface area contributed by atoms with Crippen molar-refractivity contribution in [1.82, 2.24) is 20.1 Å². The first-order valence-corrected chi connectivity index (χ1v) is 15.3. The maximum atomic E-state index is 13.0. The zero-order chi connectivity index (χ0) is 32.3. The molecule has 2 amide bonds. The van der Waals surface area contributed by atoms with Gasteiger partial charge in [0, 0.05) is 17.7 Å². The number of rotatable bonds is 9. The Labute approximate surface area is 263 Å². The Morgan fingerprint density at radius 1 is 1.07 bits per heavy atom. The molecule has 8 nitrogen and oxygen atoms in total. The van der Waals surface area contributed by atoms with Crippen LogP contribution in [0.1, 0.15) is 43.4 Å². The van der Waals surface area contributed by atoms with Crippen molar-refractivity contribution >= 4 is 29.3 Å². The summed E-state index contributed by atoms with van der Waals surface area (Å²) in [5.41, 5.74) is 5.19. The van der Waals surface area contributed by atoms with Gasteiger partial charge in [0.15, 0.2) is 5.82 Å². The van der Waals surface area contributed by atoms with Crippen molar-refractivity contribution in [3.05, 3.63) is 101 Å². The molecule has 0 bridgehead atoms. The summed E-state index contributed by atoms with van der Waals surface area (Å²) >= 11 is 1.36. The van der Waals surface area contributed by atoms with Gasteiger partial charge < -0.3 is 10.1 Å². The topological polar surface area (TPSA) is 89.4 Å². The summed E-state index contributed by atoms with van der Waals surface area (Å²) in [7, 11) is 0. The lowest BCUT2D eigenvalue weighted by atomic mass is 9.98. The predicted octanol–water partition coefficient (Wildman–Crippen LogP) is 6.93. The molecule has 1 fully saturated rings. The number of thioether (sulfide) groups is 1. The van der Waals surface area contributed by atoms with Crippen LogP contribution in [-0.2, 0) is 16.0 Å². The monoisotopic (exact) mass is 635 g/mol. The first-order chi connectivity index (χ1) is 21.4. The minimum Gasteiger partial charge on any atom is -0.406 e. The van der Waals surface area contributed by atoms with E-state index in [-0.39, 0.29) is 35.3 Å². The molecule has 1 saturated heterocycles. The summed E-state index contributed by atoms with van der Waals surface area (Å²) in [5, 5.41) is 8.06. The molecule has 12 heteroatoms. The molecular formula is C33H32F3N5O3S. The van der Waals surface area contributed by atoms with Gasteiger partial charge >= 0.3 is 6.36 Å². The molecule has 4 aromatic rings. The SMILES string of the molecule is Cc1ccc(C(C)C)c(N2C(=O)CS/C2=C\C(=O)N[C@@H](C)Cc2ccc(-c3ncn(-c4ccc(OC(F)(F)F)cc4)n3)cc2)c1. The van der Waals surface area contributed by atoms with Crippen molar-refractivity contribution in [3.63, 3.8) is 0 Å². The second kappa shape index (κ2) is 13.2. The number of amides is 2. The van der Waals surface area contributed by atoms with E-state index in [1.807, 2.05) is 56.3 Å². The quantitative estimate of drug-likeness (QED) is 0.201. The Morgan fingerprint density at radius 2 is 1.78 bits per heavy atom. The van der Waals surface area contributed by atoms with E-state index < -0.39 is 6.36 Å². The van der Waals surface area contributed by atoms with E-state index in [0.29, 0.717) is 23.0 Å². The van der Waals surface area contributed by atoms with Gasteiger partial charge in [0.05, 0.1) is 22.2 Å². The van der Waals surface area contributed by atoms with Gasteiger partial charge in [0.2, 0.25) is 11.8 Å². The highest BCUT2D eigenvalue weighted by Crippen LogP contribution is 2.38. The highest BCUT2D eigenvalue weighted by atomic mass is 32.2. The fourth-order valence-corrected chi connectivity index (χ4v) is 5.91. The Kier molecular flexibility index (Phi) is 9.33. The van der Waals surface area contributed by atoms with Crippen LogP contribution in [0.3, 0.4) is 0 Å². The molecule has 2 heterocycles. The average Bonchev–Trinajstić information content (AvgIpc) is 3.60. The molecule has 1 atom stereocenters. The lowest BCUT2D eigenvalue weighted by molar-refractivity contribution is -0.274. The number of halogens is 3. The number of ether oxygens (including phenoxy) is 1. The van der Waals surface area contributed by atoms with Crippen molar-refractivity contribution in [2.75, 3.05) is 10.7 Å². The number of hydrogen-bond donors (Lipinski definition) is 1. The Balaban J connectivity index is 1.20. The third-order valence-electron chi connectivity index (χ3n) is 7.09. The standard InChI is InChI=1S/C33H32F3N5O3S/c1-20(2)27-14-5-21(3)15-28(27)41-30(43)18-45-31(41)17-29(42)38-22(4)16-23-6-8-24(9-7-23)32-37-19-40(39-32)25-10-12-26(13-11-25)44-33(34,35)36/h5-15,17,19-20,22H,16,18H2,1-4H3,(H,38,42)/b31-17-/t22-/m0/s1. The van der Waals surface area contributed by atoms with E-state index in [4.69, 9.17) is 0 Å². The van der Waals surface area contributed by atoms with E-state index >= 15 is 0 Å². The van der Waals surface area contributed by atoms with Crippen LogP contribution in [0.25, 0.3) is 17.1 Å². The molecule has 45 heavy (non-hydrogen) atoms. The minimum atomic E-state index is -4.76. The molecule has 0 unspecified atom stereocenters. The molecule has 234 valence electrons. The van der Waals surface area contributed by atoms with E-state index in [9.17, 15) is 22.8 Å². The van der Waals surface area contributed by atoms with E-state index in [1.165, 1.54) is 53.1 Å². The number of benzene rings is 3. The summed E-state index contributed by atoms with van der Waals surface area (Å²) in [6.07, 6.45) is -1.20. The Bertz CT molecular complexity index is 1720. The normalized spacial score (nSPS) is 15.2. The fourth-order valence-electron chi connectivity index (χ4n) is 4.99. The second-order valence-corrected chi connectivity index (χ2v) is 12.1. The Hall–Kier alpha value is -4.58. The summed E-state index contributed by atoms with van der Waals surface area (Å²) < 4.78 is 42.6. The number of carbonyl (C=O) groups is 2. The highest BCUT2D eigenvalue weighted by molar-refractivity contribution is 8.04. The van der Waals surface area contributed by atoms with Crippen molar-refractivity contribution < 1.29 is 27.5 Å². The number of hydrogen-bond acceptors (Lipinski definition) is 6. The number of aryl methyl sites for hydroxylation is 1. The van der Waals surface area contributed by atoms with Gasteiger partial charge in [0.1, 0.15) is 12.1 Å². The van der Waals surface area contributed by atoms with Gasteiger partial charge in [-0.1, -0.05) is 62.0 Å². The third-order valence-corrected chi connectivity index (χ3v) is 8.07. The van der Waals surface area contributed by atoms with Crippen LogP contribution in [0.2, 0.25) is 0 Å². The molecule has 5 rings (SSSR count). The van der Waals surface area contributed by atoms with Crippen LogP contribution in [-0.4, -0.2) is 44.7 Å². The van der Waals surface area contributed by atoms with Crippen LogP contribution < -0.4 is 15.0 Å². The average molecular weight is 636 g/mol. The summed E-state index contributed by atoms with van der Waals surface area (Å²) in [6, 6.07) is 18.8. The smallest absolute Gasteiger partial charge is 0.406 e. The number of nitrogens with one attached hydrogen (secondary N) is 1. The number of nitrogens with zero attached hydrogens (tertiary/aromatic N) is 4. The molecule has 1 aliphatic rings. The zero-order valence-electron chi connectivity index (χ0n) is 25.1. The van der Waals surface area contributed by atoms with Crippen molar-refractivity contribution in [1.29, 1.82) is 0 Å². The molecule has 1 aromatic heterocycles.